The van der Waals surface area contributed by atoms with Crippen molar-refractivity contribution in [3.05, 3.63) is 28.1 Å². The summed E-state index contributed by atoms with van der Waals surface area (Å²) in [6.07, 6.45) is 2.30. The van der Waals surface area contributed by atoms with E-state index >= 15 is 0 Å². The van der Waals surface area contributed by atoms with Gasteiger partial charge in [-0.1, -0.05) is 16.5 Å². The number of carbonyl (C=O) groups is 2. The van der Waals surface area contributed by atoms with Gasteiger partial charge in [-0.15, -0.1) is 0 Å². The number of likely N-dealkylation sites (N-methyl/N-ethyl adjacent to an activating group) is 1. The Hall–Kier alpha value is -2.26. The van der Waals surface area contributed by atoms with Crippen LogP contribution in [-0.2, 0) is 11.3 Å². The minimum Gasteiger partial charge on any atom is -0.477 e. The van der Waals surface area contributed by atoms with Crippen LogP contribution in [0.15, 0.2) is 10.6 Å². The monoisotopic (exact) mass is 350 g/mol. The maximum absolute atomic E-state index is 12.0. The van der Waals surface area contributed by atoms with Gasteiger partial charge in [0.15, 0.2) is 5.13 Å². The van der Waals surface area contributed by atoms with Crippen LogP contribution in [0, 0.1) is 6.92 Å². The number of hydrogen-bond donors (Lipinski definition) is 2. The Morgan fingerprint density at radius 3 is 2.88 bits per heavy atom. The number of rotatable bonds is 7. The van der Waals surface area contributed by atoms with Crippen LogP contribution in [0.4, 0.5) is 5.13 Å². The SMILES string of the molecule is Cc1nc(NC(=O)CN(C)Cc2cc(C3CC3)on2)sc1C(=O)O. The summed E-state index contributed by atoms with van der Waals surface area (Å²) in [5.41, 5.74) is 1.19. The fraction of sp³-hybridized carbons (Fsp3) is 0.467. The van der Waals surface area contributed by atoms with Crippen molar-refractivity contribution in [1.82, 2.24) is 15.0 Å². The molecule has 2 aromatic heterocycles. The third-order valence-corrected chi connectivity index (χ3v) is 4.70. The molecule has 3 rings (SSSR count). The molecule has 0 unspecified atom stereocenters. The smallest absolute Gasteiger partial charge is 0.347 e. The topological polar surface area (TPSA) is 109 Å². The molecule has 0 atom stereocenters. The number of thiazole rings is 1. The fourth-order valence-corrected chi connectivity index (χ4v) is 3.17. The predicted molar refractivity (Wildman–Crippen MR) is 87.3 cm³/mol. The number of aromatic carboxylic acids is 1. The number of carbonyl (C=O) groups excluding carboxylic acids is 1. The quantitative estimate of drug-likeness (QED) is 0.787. The molecule has 2 heterocycles. The van der Waals surface area contributed by atoms with E-state index in [1.54, 1.807) is 14.0 Å². The highest BCUT2D eigenvalue weighted by Crippen LogP contribution is 2.40. The van der Waals surface area contributed by atoms with Crippen molar-refractivity contribution in [3.63, 3.8) is 0 Å². The second-order valence-corrected chi connectivity index (χ2v) is 6.95. The molecule has 0 aromatic carbocycles. The summed E-state index contributed by atoms with van der Waals surface area (Å²) < 4.78 is 5.29. The highest BCUT2D eigenvalue weighted by atomic mass is 32.1. The number of amides is 1. The summed E-state index contributed by atoms with van der Waals surface area (Å²) >= 11 is 0.952. The lowest BCUT2D eigenvalue weighted by atomic mass is 10.3. The Balaban J connectivity index is 1.51. The Kier molecular flexibility index (Phi) is 4.63. The van der Waals surface area contributed by atoms with Gasteiger partial charge in [0.25, 0.3) is 0 Å². The third kappa shape index (κ3) is 3.98. The lowest BCUT2D eigenvalue weighted by Crippen LogP contribution is -2.29. The maximum atomic E-state index is 12.0. The van der Waals surface area contributed by atoms with E-state index in [2.05, 4.69) is 15.5 Å². The number of carboxylic acid groups (broad SMARTS) is 1. The molecule has 1 aliphatic rings. The number of carboxylic acids is 1. The number of aromatic nitrogens is 2. The minimum atomic E-state index is -1.04. The molecule has 24 heavy (non-hydrogen) atoms. The first-order valence-electron chi connectivity index (χ1n) is 7.57. The average Bonchev–Trinajstić information content (AvgIpc) is 3.13. The van der Waals surface area contributed by atoms with E-state index in [4.69, 9.17) is 9.63 Å². The fourth-order valence-electron chi connectivity index (χ4n) is 2.35. The Morgan fingerprint density at radius 1 is 1.50 bits per heavy atom. The van der Waals surface area contributed by atoms with Gasteiger partial charge in [0.2, 0.25) is 5.91 Å². The maximum Gasteiger partial charge on any atom is 0.347 e. The number of anilines is 1. The van der Waals surface area contributed by atoms with Crippen molar-refractivity contribution in [2.75, 3.05) is 18.9 Å². The first-order valence-corrected chi connectivity index (χ1v) is 8.38. The summed E-state index contributed by atoms with van der Waals surface area (Å²) in [4.78, 5) is 29.0. The van der Waals surface area contributed by atoms with E-state index in [9.17, 15) is 9.59 Å². The molecule has 0 spiro atoms. The van der Waals surface area contributed by atoms with E-state index in [0.29, 0.717) is 23.3 Å². The highest BCUT2D eigenvalue weighted by molar-refractivity contribution is 7.17. The zero-order chi connectivity index (χ0) is 17.3. The Labute approximate surface area is 142 Å². The summed E-state index contributed by atoms with van der Waals surface area (Å²) in [6, 6.07) is 1.94. The van der Waals surface area contributed by atoms with Gasteiger partial charge < -0.3 is 14.9 Å². The van der Waals surface area contributed by atoms with Crippen LogP contribution >= 0.6 is 11.3 Å². The molecule has 128 valence electrons. The second kappa shape index (κ2) is 6.70. The molecule has 2 aromatic rings. The molecule has 2 N–H and O–H groups in total. The minimum absolute atomic E-state index is 0.133. The van der Waals surface area contributed by atoms with Crippen molar-refractivity contribution in [2.24, 2.45) is 0 Å². The summed E-state index contributed by atoms with van der Waals surface area (Å²) in [5.74, 6) is 0.132. The summed E-state index contributed by atoms with van der Waals surface area (Å²) in [5, 5.41) is 15.9. The van der Waals surface area contributed by atoms with Crippen LogP contribution < -0.4 is 5.32 Å². The van der Waals surface area contributed by atoms with Gasteiger partial charge in [-0.2, -0.15) is 0 Å². The van der Waals surface area contributed by atoms with E-state index in [0.717, 1.165) is 35.6 Å². The molecule has 9 heteroatoms. The Morgan fingerprint density at radius 2 is 2.25 bits per heavy atom. The lowest BCUT2D eigenvalue weighted by Gasteiger charge is -2.13. The zero-order valence-corrected chi connectivity index (χ0v) is 14.2. The predicted octanol–water partition coefficient (Wildman–Crippen LogP) is 2.09. The second-order valence-electron chi connectivity index (χ2n) is 5.95. The van der Waals surface area contributed by atoms with Crippen LogP contribution in [-0.4, -0.2) is 45.6 Å². The summed E-state index contributed by atoms with van der Waals surface area (Å²) in [6.45, 7) is 2.25. The van der Waals surface area contributed by atoms with Gasteiger partial charge in [-0.05, 0) is 26.8 Å². The molecule has 0 saturated heterocycles. The van der Waals surface area contributed by atoms with Crippen LogP contribution in [0.1, 0.15) is 45.6 Å². The molecule has 1 amide bonds. The third-order valence-electron chi connectivity index (χ3n) is 3.64. The molecular weight excluding hydrogens is 332 g/mol. The molecule has 1 saturated carbocycles. The van der Waals surface area contributed by atoms with Crippen molar-refractivity contribution < 1.29 is 19.2 Å². The van der Waals surface area contributed by atoms with Gasteiger partial charge >= 0.3 is 5.97 Å². The van der Waals surface area contributed by atoms with E-state index in [1.165, 1.54) is 0 Å². The van der Waals surface area contributed by atoms with Crippen LogP contribution in [0.3, 0.4) is 0 Å². The normalized spacial score (nSPS) is 14.1. The van der Waals surface area contributed by atoms with Crippen molar-refractivity contribution in [2.45, 2.75) is 32.2 Å². The van der Waals surface area contributed by atoms with Gasteiger partial charge in [-0.3, -0.25) is 9.69 Å². The van der Waals surface area contributed by atoms with E-state index in [-0.39, 0.29) is 17.3 Å². The van der Waals surface area contributed by atoms with Gasteiger partial charge in [0, 0.05) is 18.5 Å². The largest absolute Gasteiger partial charge is 0.477 e. The first-order chi connectivity index (χ1) is 11.4. The molecule has 1 fully saturated rings. The summed E-state index contributed by atoms with van der Waals surface area (Å²) in [7, 11) is 1.81. The number of nitrogens with one attached hydrogen (secondary N) is 1. The average molecular weight is 350 g/mol. The van der Waals surface area contributed by atoms with Crippen LogP contribution in [0.5, 0.6) is 0 Å². The van der Waals surface area contributed by atoms with Crippen LogP contribution in [0.2, 0.25) is 0 Å². The van der Waals surface area contributed by atoms with Gasteiger partial charge in [0.05, 0.1) is 17.9 Å². The van der Waals surface area contributed by atoms with Gasteiger partial charge in [-0.25, -0.2) is 9.78 Å². The molecule has 8 nitrogen and oxygen atoms in total. The van der Waals surface area contributed by atoms with Crippen molar-refractivity contribution in [3.8, 4) is 0 Å². The number of aryl methyl sites for hydroxylation is 1. The van der Waals surface area contributed by atoms with E-state index in [1.807, 2.05) is 11.0 Å². The Bertz CT molecular complexity index is 765. The van der Waals surface area contributed by atoms with Crippen molar-refractivity contribution >= 4 is 28.3 Å². The number of nitrogens with zero attached hydrogens (tertiary/aromatic N) is 3. The highest BCUT2D eigenvalue weighted by Gasteiger charge is 2.28. The first kappa shape index (κ1) is 16.6. The molecular formula is C15H18N4O4S. The molecule has 0 radical (unpaired) electrons. The number of hydrogen-bond acceptors (Lipinski definition) is 7. The molecule has 0 aliphatic heterocycles. The van der Waals surface area contributed by atoms with E-state index < -0.39 is 5.97 Å². The molecule has 0 bridgehead atoms. The standard InChI is InChI=1S/C15H18N4O4S/c1-8-13(14(21)22)24-15(16-8)17-12(20)7-19(2)6-10-5-11(23-18-10)9-3-4-9/h5,9H,3-4,6-7H2,1-2H3,(H,21,22)(H,16,17,20). The van der Waals surface area contributed by atoms with Crippen molar-refractivity contribution in [1.29, 1.82) is 0 Å². The van der Waals surface area contributed by atoms with Gasteiger partial charge in [0.1, 0.15) is 10.6 Å². The zero-order valence-electron chi connectivity index (χ0n) is 13.4. The molecule has 1 aliphatic carbocycles. The lowest BCUT2D eigenvalue weighted by molar-refractivity contribution is -0.117. The van der Waals surface area contributed by atoms with Crippen LogP contribution in [0.25, 0.3) is 0 Å².